The highest BCUT2D eigenvalue weighted by atomic mass is 19.1. The number of aromatic hydroxyl groups is 1. The van der Waals surface area contributed by atoms with Crippen molar-refractivity contribution in [1.82, 2.24) is 19.4 Å². The number of phenols is 1. The second-order valence-corrected chi connectivity index (χ2v) is 8.75. The number of imidazole rings is 1. The number of phenolic OH excluding ortho intramolecular Hbond substituents is 1. The summed E-state index contributed by atoms with van der Waals surface area (Å²) in [5.41, 5.74) is 6.28. The van der Waals surface area contributed by atoms with Gasteiger partial charge in [-0.1, -0.05) is 24.3 Å². The van der Waals surface area contributed by atoms with Crippen molar-refractivity contribution in [3.8, 4) is 5.75 Å². The maximum absolute atomic E-state index is 13.3. The van der Waals surface area contributed by atoms with Crippen LogP contribution in [0, 0.1) is 5.82 Å². The van der Waals surface area contributed by atoms with Crippen LogP contribution >= 0.6 is 0 Å². The van der Waals surface area contributed by atoms with Crippen LogP contribution in [0.15, 0.2) is 67.1 Å². The van der Waals surface area contributed by atoms with Gasteiger partial charge in [-0.3, -0.25) is 9.78 Å². The Morgan fingerprint density at radius 2 is 1.85 bits per heavy atom. The van der Waals surface area contributed by atoms with Crippen molar-refractivity contribution >= 4 is 27.8 Å². The predicted octanol–water partition coefficient (Wildman–Crippen LogP) is 4.65. The minimum Gasteiger partial charge on any atom is -0.505 e. The van der Waals surface area contributed by atoms with Crippen LogP contribution in [-0.4, -0.2) is 37.5 Å². The second kappa shape index (κ2) is 7.66. The normalized spacial score (nSPS) is 13.2. The van der Waals surface area contributed by atoms with E-state index in [1.165, 1.54) is 12.1 Å². The summed E-state index contributed by atoms with van der Waals surface area (Å²) in [6.07, 6.45) is 4.08. The Morgan fingerprint density at radius 1 is 1.06 bits per heavy atom. The molecule has 0 radical (unpaired) electrons. The van der Waals surface area contributed by atoms with E-state index in [2.05, 4.69) is 14.5 Å². The largest absolute Gasteiger partial charge is 0.505 e. The number of carbonyl (C=O) groups is 1. The molecule has 0 spiro atoms. The average molecular weight is 452 g/mol. The molecule has 0 aliphatic carbocycles. The zero-order valence-electron chi connectivity index (χ0n) is 18.5. The van der Waals surface area contributed by atoms with Gasteiger partial charge in [0.1, 0.15) is 11.3 Å². The van der Waals surface area contributed by atoms with Crippen LogP contribution in [0.5, 0.6) is 5.75 Å². The molecule has 0 saturated carbocycles. The molecule has 0 fully saturated rings. The summed E-state index contributed by atoms with van der Waals surface area (Å²) in [7, 11) is 1.73. The van der Waals surface area contributed by atoms with Crippen LogP contribution in [0.4, 0.5) is 4.39 Å². The molecule has 2 aromatic heterocycles. The van der Waals surface area contributed by atoms with E-state index >= 15 is 0 Å². The molecule has 3 aromatic carbocycles. The Morgan fingerprint density at radius 3 is 2.68 bits per heavy atom. The van der Waals surface area contributed by atoms with E-state index in [4.69, 9.17) is 0 Å². The summed E-state index contributed by atoms with van der Waals surface area (Å²) in [5.74, 6) is -0.556. The van der Waals surface area contributed by atoms with Crippen molar-refractivity contribution in [2.75, 3.05) is 7.05 Å². The monoisotopic (exact) mass is 452 g/mol. The van der Waals surface area contributed by atoms with Gasteiger partial charge in [0.05, 0.1) is 29.5 Å². The molecule has 6 rings (SSSR count). The molecule has 168 valence electrons. The SMILES string of the molecule is CN1Cc2c(c(O)c3ncc(Cc4ccc(F)cc4)cc3c2Cn2cnc3ccccc32)C1=O. The molecule has 0 unspecified atom stereocenters. The van der Waals surface area contributed by atoms with Crippen molar-refractivity contribution in [2.24, 2.45) is 0 Å². The number of rotatable bonds is 4. The van der Waals surface area contributed by atoms with Gasteiger partial charge in [-0.2, -0.15) is 0 Å². The van der Waals surface area contributed by atoms with Gasteiger partial charge in [0, 0.05) is 25.2 Å². The Bertz CT molecular complexity index is 1590. The van der Waals surface area contributed by atoms with Gasteiger partial charge in [0.2, 0.25) is 0 Å². The number of amides is 1. The lowest BCUT2D eigenvalue weighted by Crippen LogP contribution is -2.17. The molecule has 6 nitrogen and oxygen atoms in total. The van der Waals surface area contributed by atoms with Crippen molar-refractivity contribution in [3.63, 3.8) is 0 Å². The van der Waals surface area contributed by atoms with E-state index in [9.17, 15) is 14.3 Å². The molecule has 7 heteroatoms. The van der Waals surface area contributed by atoms with Crippen LogP contribution in [0.3, 0.4) is 0 Å². The van der Waals surface area contributed by atoms with Gasteiger partial charge in [0.25, 0.3) is 5.91 Å². The highest BCUT2D eigenvalue weighted by Gasteiger charge is 2.33. The Labute approximate surface area is 194 Å². The van der Waals surface area contributed by atoms with Gasteiger partial charge in [-0.05, 0) is 59.0 Å². The number of carbonyl (C=O) groups excluding carboxylic acids is 1. The van der Waals surface area contributed by atoms with E-state index in [1.54, 1.807) is 36.6 Å². The first-order valence-corrected chi connectivity index (χ1v) is 11.0. The zero-order valence-corrected chi connectivity index (χ0v) is 18.5. The maximum Gasteiger partial charge on any atom is 0.258 e. The van der Waals surface area contributed by atoms with Gasteiger partial charge in [-0.25, -0.2) is 9.37 Å². The standard InChI is InChI=1S/C27H21FN4O2/c1-31-13-21-20(14-32-15-30-22-4-2-3-5-23(22)32)19-11-17(10-16-6-8-18(28)9-7-16)12-29-25(19)26(33)24(21)27(31)34/h2-9,11-12,15,33H,10,13-14H2,1H3. The number of nitrogens with zero attached hydrogens (tertiary/aromatic N) is 4. The summed E-state index contributed by atoms with van der Waals surface area (Å²) < 4.78 is 15.4. The van der Waals surface area contributed by atoms with Crippen LogP contribution in [0.1, 0.15) is 32.6 Å². The highest BCUT2D eigenvalue weighted by Crippen LogP contribution is 2.40. The fourth-order valence-electron chi connectivity index (χ4n) is 4.83. The number of hydrogen-bond donors (Lipinski definition) is 1. The van der Waals surface area contributed by atoms with E-state index in [-0.39, 0.29) is 17.5 Å². The number of para-hydroxylation sites is 2. The molecule has 3 heterocycles. The molecule has 1 aliphatic rings. The molecule has 0 saturated heterocycles. The third-order valence-electron chi connectivity index (χ3n) is 6.53. The molecule has 1 N–H and O–H groups in total. The molecule has 0 atom stereocenters. The molecular formula is C27H21FN4O2. The Hall–Kier alpha value is -4.26. The summed E-state index contributed by atoms with van der Waals surface area (Å²) in [5, 5.41) is 11.8. The summed E-state index contributed by atoms with van der Waals surface area (Å²) in [6.45, 7) is 0.907. The molecular weight excluding hydrogens is 431 g/mol. The lowest BCUT2D eigenvalue weighted by Gasteiger charge is -2.15. The highest BCUT2D eigenvalue weighted by molar-refractivity contribution is 6.07. The first-order valence-electron chi connectivity index (χ1n) is 11.0. The second-order valence-electron chi connectivity index (χ2n) is 8.75. The number of aromatic nitrogens is 3. The van der Waals surface area contributed by atoms with Crippen LogP contribution in [0.2, 0.25) is 0 Å². The predicted molar refractivity (Wildman–Crippen MR) is 127 cm³/mol. The summed E-state index contributed by atoms with van der Waals surface area (Å²) >= 11 is 0. The van der Waals surface area contributed by atoms with Gasteiger partial charge in [0.15, 0.2) is 5.75 Å². The minimum atomic E-state index is -0.274. The van der Waals surface area contributed by atoms with Crippen LogP contribution in [0.25, 0.3) is 21.9 Å². The number of pyridine rings is 1. The third kappa shape index (κ3) is 3.20. The van der Waals surface area contributed by atoms with E-state index in [0.29, 0.717) is 30.6 Å². The Balaban J connectivity index is 1.54. The van der Waals surface area contributed by atoms with E-state index in [1.807, 2.05) is 30.3 Å². The average Bonchev–Trinajstić information content (AvgIpc) is 3.38. The molecule has 34 heavy (non-hydrogen) atoms. The Kier molecular flexibility index (Phi) is 4.58. The van der Waals surface area contributed by atoms with Crippen molar-refractivity contribution in [1.29, 1.82) is 0 Å². The summed E-state index contributed by atoms with van der Waals surface area (Å²) in [6, 6.07) is 16.3. The van der Waals surface area contributed by atoms with Crippen molar-refractivity contribution < 1.29 is 14.3 Å². The van der Waals surface area contributed by atoms with Crippen molar-refractivity contribution in [3.05, 3.63) is 101 Å². The van der Waals surface area contributed by atoms with E-state index < -0.39 is 0 Å². The summed E-state index contributed by atoms with van der Waals surface area (Å²) in [4.78, 5) is 23.5. The zero-order chi connectivity index (χ0) is 23.4. The number of fused-ring (bicyclic) bond motifs is 3. The fourth-order valence-corrected chi connectivity index (χ4v) is 4.83. The quantitative estimate of drug-likeness (QED) is 0.431. The van der Waals surface area contributed by atoms with Gasteiger partial charge in [-0.15, -0.1) is 0 Å². The number of benzene rings is 3. The number of hydrogen-bond acceptors (Lipinski definition) is 4. The topological polar surface area (TPSA) is 71.2 Å². The first kappa shape index (κ1) is 20.4. The molecule has 1 amide bonds. The van der Waals surface area contributed by atoms with Gasteiger partial charge >= 0.3 is 0 Å². The first-order chi connectivity index (χ1) is 16.5. The lowest BCUT2D eigenvalue weighted by molar-refractivity contribution is 0.0814. The van der Waals surface area contributed by atoms with Crippen molar-refractivity contribution in [2.45, 2.75) is 19.5 Å². The van der Waals surface area contributed by atoms with Gasteiger partial charge < -0.3 is 14.6 Å². The fraction of sp³-hybridized carbons (Fsp3) is 0.148. The number of halogens is 1. The molecule has 1 aliphatic heterocycles. The minimum absolute atomic E-state index is 0.0769. The van der Waals surface area contributed by atoms with Crippen LogP contribution < -0.4 is 0 Å². The molecule has 0 bridgehead atoms. The lowest BCUT2D eigenvalue weighted by atomic mass is 9.94. The third-order valence-corrected chi connectivity index (χ3v) is 6.53. The maximum atomic E-state index is 13.3. The van der Waals surface area contributed by atoms with Crippen LogP contribution in [-0.2, 0) is 19.5 Å². The molecule has 5 aromatic rings. The smallest absolute Gasteiger partial charge is 0.258 e. The van der Waals surface area contributed by atoms with E-state index in [0.717, 1.165) is 38.7 Å².